The van der Waals surface area contributed by atoms with Gasteiger partial charge in [-0.05, 0) is 36.6 Å². The van der Waals surface area contributed by atoms with E-state index in [-0.39, 0.29) is 0 Å². The summed E-state index contributed by atoms with van der Waals surface area (Å²) >= 11 is 0. The molecule has 2 heterocycles. The van der Waals surface area contributed by atoms with Crippen LogP contribution in [0, 0.1) is 5.92 Å². The van der Waals surface area contributed by atoms with Crippen molar-refractivity contribution in [3.63, 3.8) is 0 Å². The lowest BCUT2D eigenvalue weighted by Crippen LogP contribution is -2.16. The van der Waals surface area contributed by atoms with Crippen LogP contribution in [0.25, 0.3) is 11.0 Å². The summed E-state index contributed by atoms with van der Waals surface area (Å²) in [4.78, 5) is 7.47. The van der Waals surface area contributed by atoms with Gasteiger partial charge in [0.2, 0.25) is 0 Å². The van der Waals surface area contributed by atoms with Crippen LogP contribution >= 0.6 is 0 Å². The highest BCUT2D eigenvalue weighted by atomic mass is 16.5. The van der Waals surface area contributed by atoms with E-state index in [0.29, 0.717) is 5.92 Å². The number of H-pyrrole nitrogens is 1. The lowest BCUT2D eigenvalue weighted by Gasteiger charge is -2.07. The molecule has 0 saturated heterocycles. The van der Waals surface area contributed by atoms with Crippen LogP contribution in [0.3, 0.4) is 0 Å². The average molecular weight is 261 g/mol. The van der Waals surface area contributed by atoms with E-state index in [2.05, 4.69) is 35.2 Å². The van der Waals surface area contributed by atoms with E-state index in [1.807, 2.05) is 18.5 Å². The lowest BCUT2D eigenvalue weighted by molar-refractivity contribution is 0.108. The molecule has 0 aliphatic carbocycles. The van der Waals surface area contributed by atoms with Crippen LogP contribution in [0.2, 0.25) is 0 Å². The Kier molecular flexibility index (Phi) is 5.36. The van der Waals surface area contributed by atoms with Gasteiger partial charge < -0.3 is 15.0 Å². The summed E-state index contributed by atoms with van der Waals surface area (Å²) in [6, 6.07) is 4.07. The van der Waals surface area contributed by atoms with Crippen LogP contribution in [-0.4, -0.2) is 29.7 Å². The predicted molar refractivity (Wildman–Crippen MR) is 78.1 cm³/mol. The number of nitrogens with zero attached hydrogens (tertiary/aromatic N) is 1. The molecule has 0 aliphatic heterocycles. The summed E-state index contributed by atoms with van der Waals surface area (Å²) in [5.41, 5.74) is 2.23. The van der Waals surface area contributed by atoms with Gasteiger partial charge in [0.25, 0.3) is 0 Å². The molecule has 4 nitrogen and oxygen atoms in total. The average Bonchev–Trinajstić information content (AvgIpc) is 2.81. The largest absolute Gasteiger partial charge is 0.381 e. The molecule has 4 heteroatoms. The third-order valence-corrected chi connectivity index (χ3v) is 2.95. The van der Waals surface area contributed by atoms with Crippen LogP contribution < -0.4 is 5.32 Å². The van der Waals surface area contributed by atoms with E-state index >= 15 is 0 Å². The number of rotatable bonds is 8. The van der Waals surface area contributed by atoms with Gasteiger partial charge in [-0.3, -0.25) is 0 Å². The molecular formula is C15H23N3O. The monoisotopic (exact) mass is 261 g/mol. The molecule has 0 atom stereocenters. The Hall–Kier alpha value is -1.39. The number of hydrogen-bond acceptors (Lipinski definition) is 3. The Morgan fingerprint density at radius 3 is 3.16 bits per heavy atom. The molecule has 0 spiro atoms. The Bertz CT molecular complexity index is 493. The highest BCUT2D eigenvalue weighted by Gasteiger charge is 2.02. The Labute approximate surface area is 114 Å². The minimum absolute atomic E-state index is 0.617. The van der Waals surface area contributed by atoms with Gasteiger partial charge in [0.15, 0.2) is 0 Å². The summed E-state index contributed by atoms with van der Waals surface area (Å²) in [7, 11) is 0. The molecule has 0 bridgehead atoms. The number of hydrogen-bond donors (Lipinski definition) is 2. The summed E-state index contributed by atoms with van der Waals surface area (Å²) in [5, 5.41) is 4.64. The molecular weight excluding hydrogens is 238 g/mol. The molecule has 2 aromatic rings. The summed E-state index contributed by atoms with van der Waals surface area (Å²) in [6.45, 7) is 7.88. The quantitative estimate of drug-likeness (QED) is 0.718. The minimum atomic E-state index is 0.617. The molecule has 2 rings (SSSR count). The number of aromatic amines is 1. The van der Waals surface area contributed by atoms with Crippen molar-refractivity contribution in [1.82, 2.24) is 15.3 Å². The van der Waals surface area contributed by atoms with Gasteiger partial charge in [0, 0.05) is 37.5 Å². The van der Waals surface area contributed by atoms with Crippen molar-refractivity contribution in [3.05, 3.63) is 30.1 Å². The van der Waals surface area contributed by atoms with E-state index in [1.165, 1.54) is 10.9 Å². The topological polar surface area (TPSA) is 49.9 Å². The molecule has 0 radical (unpaired) electrons. The van der Waals surface area contributed by atoms with Gasteiger partial charge in [0.1, 0.15) is 5.65 Å². The predicted octanol–water partition coefficient (Wildman–Crippen LogP) is 2.72. The van der Waals surface area contributed by atoms with E-state index in [0.717, 1.165) is 38.4 Å². The number of ether oxygens (including phenoxy) is 1. The van der Waals surface area contributed by atoms with Crippen molar-refractivity contribution >= 4 is 11.0 Å². The second-order valence-electron chi connectivity index (χ2n) is 5.21. The van der Waals surface area contributed by atoms with E-state index < -0.39 is 0 Å². The highest BCUT2D eigenvalue weighted by molar-refractivity contribution is 5.79. The van der Waals surface area contributed by atoms with Crippen LogP contribution in [0.4, 0.5) is 0 Å². The van der Waals surface area contributed by atoms with Crippen molar-refractivity contribution in [2.24, 2.45) is 5.92 Å². The van der Waals surface area contributed by atoms with Gasteiger partial charge in [-0.2, -0.15) is 0 Å². The molecule has 2 N–H and O–H groups in total. The molecule has 104 valence electrons. The Balaban J connectivity index is 1.66. The smallest absolute Gasteiger partial charge is 0.137 e. The van der Waals surface area contributed by atoms with Gasteiger partial charge >= 0.3 is 0 Å². The molecule has 0 amide bonds. The number of aromatic nitrogens is 2. The molecule has 0 fully saturated rings. The standard InChI is InChI=1S/C15H23N3O/c1-12(2)11-19-8-4-6-16-9-13-10-18-15-14(13)5-3-7-17-15/h3,5,7,10,12,16H,4,6,8-9,11H2,1-2H3,(H,17,18). The van der Waals surface area contributed by atoms with Gasteiger partial charge in [-0.15, -0.1) is 0 Å². The van der Waals surface area contributed by atoms with Gasteiger partial charge in [0.05, 0.1) is 0 Å². The zero-order chi connectivity index (χ0) is 13.5. The summed E-state index contributed by atoms with van der Waals surface area (Å²) in [5.74, 6) is 0.617. The first kappa shape index (κ1) is 14.0. The molecule has 0 aromatic carbocycles. The third-order valence-electron chi connectivity index (χ3n) is 2.95. The van der Waals surface area contributed by atoms with Crippen molar-refractivity contribution in [3.8, 4) is 0 Å². The second-order valence-corrected chi connectivity index (χ2v) is 5.21. The molecule has 0 unspecified atom stereocenters. The van der Waals surface area contributed by atoms with Crippen LogP contribution in [0.5, 0.6) is 0 Å². The first-order valence-electron chi connectivity index (χ1n) is 6.97. The van der Waals surface area contributed by atoms with E-state index in [1.54, 1.807) is 0 Å². The van der Waals surface area contributed by atoms with Crippen molar-refractivity contribution < 1.29 is 4.74 Å². The van der Waals surface area contributed by atoms with Gasteiger partial charge in [-0.1, -0.05) is 13.8 Å². The first-order chi connectivity index (χ1) is 9.27. The van der Waals surface area contributed by atoms with Gasteiger partial charge in [-0.25, -0.2) is 4.98 Å². The normalized spacial score (nSPS) is 11.5. The minimum Gasteiger partial charge on any atom is -0.381 e. The lowest BCUT2D eigenvalue weighted by atomic mass is 10.2. The SMILES string of the molecule is CC(C)COCCCNCc1c[nH]c2ncccc12. The summed E-state index contributed by atoms with van der Waals surface area (Å²) in [6.07, 6.45) is 4.88. The Morgan fingerprint density at radius 1 is 1.42 bits per heavy atom. The zero-order valence-corrected chi connectivity index (χ0v) is 11.8. The highest BCUT2D eigenvalue weighted by Crippen LogP contribution is 2.14. The summed E-state index contributed by atoms with van der Waals surface area (Å²) < 4.78 is 5.55. The molecule has 2 aromatic heterocycles. The number of pyridine rings is 1. The number of fused-ring (bicyclic) bond motifs is 1. The first-order valence-corrected chi connectivity index (χ1v) is 6.97. The maximum atomic E-state index is 5.55. The van der Waals surface area contributed by atoms with Crippen molar-refractivity contribution in [2.45, 2.75) is 26.8 Å². The van der Waals surface area contributed by atoms with Crippen LogP contribution in [0.15, 0.2) is 24.5 Å². The molecule has 19 heavy (non-hydrogen) atoms. The maximum Gasteiger partial charge on any atom is 0.137 e. The van der Waals surface area contributed by atoms with Crippen molar-refractivity contribution in [1.29, 1.82) is 0 Å². The second kappa shape index (κ2) is 7.26. The maximum absolute atomic E-state index is 5.55. The van der Waals surface area contributed by atoms with E-state index in [4.69, 9.17) is 4.74 Å². The fraction of sp³-hybridized carbons (Fsp3) is 0.533. The van der Waals surface area contributed by atoms with Crippen molar-refractivity contribution in [2.75, 3.05) is 19.8 Å². The molecule has 0 aliphatic rings. The fourth-order valence-electron chi connectivity index (χ4n) is 2.00. The third kappa shape index (κ3) is 4.33. The Morgan fingerprint density at radius 2 is 2.32 bits per heavy atom. The van der Waals surface area contributed by atoms with Crippen LogP contribution in [-0.2, 0) is 11.3 Å². The fourth-order valence-corrected chi connectivity index (χ4v) is 2.00. The van der Waals surface area contributed by atoms with Crippen LogP contribution in [0.1, 0.15) is 25.8 Å². The molecule has 0 saturated carbocycles. The number of nitrogens with one attached hydrogen (secondary N) is 2. The zero-order valence-electron chi connectivity index (χ0n) is 11.8. The van der Waals surface area contributed by atoms with E-state index in [9.17, 15) is 0 Å².